The van der Waals surface area contributed by atoms with Crippen LogP contribution in [0.2, 0.25) is 0 Å². The fourth-order valence-electron chi connectivity index (χ4n) is 2.82. The van der Waals surface area contributed by atoms with Crippen molar-refractivity contribution in [3.8, 4) is 11.4 Å². The van der Waals surface area contributed by atoms with E-state index in [0.29, 0.717) is 17.9 Å². The molecule has 0 aliphatic heterocycles. The Hall–Kier alpha value is -3.22. The molecule has 1 aromatic heterocycles. The topological polar surface area (TPSA) is 87.3 Å². The number of carbonyl (C=O) groups excluding carboxylic acids is 1. The number of aromatic nitrogens is 2. The van der Waals surface area contributed by atoms with Gasteiger partial charge < -0.3 is 9.30 Å². The molecular weight excluding hydrogens is 322 g/mol. The van der Waals surface area contributed by atoms with Crippen molar-refractivity contribution in [2.75, 3.05) is 0 Å². The van der Waals surface area contributed by atoms with E-state index in [2.05, 4.69) is 4.98 Å². The quantitative estimate of drug-likeness (QED) is 0.403. The fraction of sp³-hybridized carbons (Fsp3) is 0.222. The smallest absolute Gasteiger partial charge is 0.302 e. The van der Waals surface area contributed by atoms with Gasteiger partial charge in [-0.1, -0.05) is 24.3 Å². The third kappa shape index (κ3) is 3.50. The lowest BCUT2D eigenvalue weighted by atomic mass is 10.2. The molecule has 2 aromatic carbocycles. The summed E-state index contributed by atoms with van der Waals surface area (Å²) in [6.07, 6.45) is -0.354. The summed E-state index contributed by atoms with van der Waals surface area (Å²) in [4.78, 5) is 26.4. The molecule has 1 heterocycles. The lowest BCUT2D eigenvalue weighted by Crippen LogP contribution is -2.19. The van der Waals surface area contributed by atoms with E-state index in [-0.39, 0.29) is 17.8 Å². The van der Waals surface area contributed by atoms with Crippen LogP contribution in [-0.4, -0.2) is 26.5 Å². The molecule has 3 rings (SSSR count). The lowest BCUT2D eigenvalue weighted by Gasteiger charge is -2.15. The predicted octanol–water partition coefficient (Wildman–Crippen LogP) is 3.56. The summed E-state index contributed by atoms with van der Waals surface area (Å²) >= 11 is 0. The van der Waals surface area contributed by atoms with Crippen molar-refractivity contribution in [3.63, 3.8) is 0 Å². The first-order chi connectivity index (χ1) is 12.0. The minimum atomic E-state index is -0.433. The number of imidazole rings is 1. The highest BCUT2D eigenvalue weighted by molar-refractivity contribution is 5.81. The van der Waals surface area contributed by atoms with Crippen molar-refractivity contribution in [2.24, 2.45) is 0 Å². The molecule has 0 aliphatic carbocycles. The molecule has 0 fully saturated rings. The largest absolute Gasteiger partial charge is 0.461 e. The van der Waals surface area contributed by atoms with Gasteiger partial charge in [-0.25, -0.2) is 4.98 Å². The van der Waals surface area contributed by atoms with Crippen molar-refractivity contribution in [1.82, 2.24) is 9.55 Å². The molecule has 7 nitrogen and oxygen atoms in total. The van der Waals surface area contributed by atoms with Gasteiger partial charge in [-0.3, -0.25) is 14.9 Å². The van der Waals surface area contributed by atoms with Crippen molar-refractivity contribution in [2.45, 2.75) is 26.5 Å². The number of nitro benzene ring substituents is 1. The van der Waals surface area contributed by atoms with E-state index < -0.39 is 4.92 Å². The van der Waals surface area contributed by atoms with Gasteiger partial charge >= 0.3 is 5.97 Å². The number of non-ortho nitro benzene ring substituents is 1. The molecule has 0 saturated carbocycles. The molecular formula is C18H17N3O4. The molecule has 1 unspecified atom stereocenters. The van der Waals surface area contributed by atoms with E-state index in [1.165, 1.54) is 19.1 Å². The number of hydrogen-bond donors (Lipinski definition) is 0. The van der Waals surface area contributed by atoms with Gasteiger partial charge in [-0.2, -0.15) is 0 Å². The van der Waals surface area contributed by atoms with E-state index in [9.17, 15) is 14.9 Å². The minimum Gasteiger partial charge on any atom is -0.461 e. The Bertz CT molecular complexity index is 948. The number of benzene rings is 2. The fourth-order valence-corrected chi connectivity index (χ4v) is 2.82. The van der Waals surface area contributed by atoms with Crippen molar-refractivity contribution < 1.29 is 14.5 Å². The average Bonchev–Trinajstić information content (AvgIpc) is 2.93. The van der Waals surface area contributed by atoms with E-state index >= 15 is 0 Å². The Morgan fingerprint density at radius 2 is 2.04 bits per heavy atom. The number of rotatable bonds is 5. The third-order valence-corrected chi connectivity index (χ3v) is 3.78. The van der Waals surface area contributed by atoms with Crippen LogP contribution in [0.25, 0.3) is 22.4 Å². The zero-order chi connectivity index (χ0) is 18.0. The average molecular weight is 339 g/mol. The molecule has 0 N–H and O–H groups in total. The van der Waals surface area contributed by atoms with Crippen LogP contribution < -0.4 is 0 Å². The highest BCUT2D eigenvalue weighted by atomic mass is 16.6. The summed E-state index contributed by atoms with van der Waals surface area (Å²) in [5, 5.41) is 11.1. The Morgan fingerprint density at radius 3 is 2.76 bits per heavy atom. The van der Waals surface area contributed by atoms with E-state index in [4.69, 9.17) is 4.74 Å². The summed E-state index contributed by atoms with van der Waals surface area (Å²) in [5.41, 5.74) is 2.30. The molecule has 3 aromatic rings. The van der Waals surface area contributed by atoms with E-state index in [1.54, 1.807) is 19.1 Å². The maximum atomic E-state index is 11.2. The third-order valence-electron chi connectivity index (χ3n) is 3.78. The minimum absolute atomic E-state index is 0.00383. The van der Waals surface area contributed by atoms with Gasteiger partial charge in [0.2, 0.25) is 0 Å². The molecule has 0 bridgehead atoms. The molecule has 0 aliphatic rings. The Labute approximate surface area is 144 Å². The molecule has 128 valence electrons. The van der Waals surface area contributed by atoms with Crippen LogP contribution in [0.4, 0.5) is 5.69 Å². The highest BCUT2D eigenvalue weighted by Gasteiger charge is 2.17. The van der Waals surface area contributed by atoms with Gasteiger partial charge in [0.25, 0.3) is 5.69 Å². The standard InChI is InChI=1S/C18H17N3O4/c1-12(25-13(2)22)11-20-17-9-4-3-8-16(17)19-18(20)14-6-5-7-15(10-14)21(23)24/h3-10,12H,11H2,1-2H3. The Morgan fingerprint density at radius 1 is 1.28 bits per heavy atom. The zero-order valence-electron chi connectivity index (χ0n) is 13.9. The number of esters is 1. The molecule has 0 saturated heterocycles. The highest BCUT2D eigenvalue weighted by Crippen LogP contribution is 2.27. The van der Waals surface area contributed by atoms with Crippen LogP contribution in [0.15, 0.2) is 48.5 Å². The number of ether oxygens (including phenoxy) is 1. The van der Waals surface area contributed by atoms with Crippen molar-refractivity contribution >= 4 is 22.7 Å². The molecule has 25 heavy (non-hydrogen) atoms. The maximum Gasteiger partial charge on any atom is 0.302 e. The van der Waals surface area contributed by atoms with Gasteiger partial charge in [0.15, 0.2) is 0 Å². The summed E-state index contributed by atoms with van der Waals surface area (Å²) in [6.45, 7) is 3.56. The first-order valence-corrected chi connectivity index (χ1v) is 7.83. The van der Waals surface area contributed by atoms with Gasteiger partial charge in [-0.05, 0) is 19.1 Å². The first kappa shape index (κ1) is 16.6. The number of para-hydroxylation sites is 2. The van der Waals surface area contributed by atoms with Crippen LogP contribution in [0.5, 0.6) is 0 Å². The maximum absolute atomic E-state index is 11.2. The molecule has 1 atom stereocenters. The summed E-state index contributed by atoms with van der Waals surface area (Å²) < 4.78 is 7.15. The second-order valence-electron chi connectivity index (χ2n) is 5.76. The monoisotopic (exact) mass is 339 g/mol. The second kappa shape index (κ2) is 6.72. The number of carbonyl (C=O) groups is 1. The second-order valence-corrected chi connectivity index (χ2v) is 5.76. The van der Waals surface area contributed by atoms with Gasteiger partial charge in [0.05, 0.1) is 22.5 Å². The van der Waals surface area contributed by atoms with Crippen LogP contribution in [-0.2, 0) is 16.1 Å². The molecule has 0 radical (unpaired) electrons. The number of fused-ring (bicyclic) bond motifs is 1. The molecule has 0 spiro atoms. The summed E-state index contributed by atoms with van der Waals surface area (Å²) in [5.74, 6) is 0.248. The lowest BCUT2D eigenvalue weighted by molar-refractivity contribution is -0.384. The van der Waals surface area contributed by atoms with Gasteiger partial charge in [0.1, 0.15) is 11.9 Å². The van der Waals surface area contributed by atoms with Crippen LogP contribution in [0.3, 0.4) is 0 Å². The van der Waals surface area contributed by atoms with Crippen molar-refractivity contribution in [3.05, 3.63) is 58.6 Å². The Kier molecular flexibility index (Phi) is 4.47. The van der Waals surface area contributed by atoms with E-state index in [0.717, 1.165) is 11.0 Å². The van der Waals surface area contributed by atoms with Gasteiger partial charge in [0, 0.05) is 24.6 Å². The Balaban J connectivity index is 2.11. The SMILES string of the molecule is CC(=O)OC(C)Cn1c(-c2cccc([N+](=O)[O-])c2)nc2ccccc21. The number of nitro groups is 1. The van der Waals surface area contributed by atoms with Crippen LogP contribution in [0, 0.1) is 10.1 Å². The predicted molar refractivity (Wildman–Crippen MR) is 93.1 cm³/mol. The van der Waals surface area contributed by atoms with E-state index in [1.807, 2.05) is 28.8 Å². The van der Waals surface area contributed by atoms with Crippen LogP contribution >= 0.6 is 0 Å². The van der Waals surface area contributed by atoms with Crippen molar-refractivity contribution in [1.29, 1.82) is 0 Å². The van der Waals surface area contributed by atoms with Gasteiger partial charge in [-0.15, -0.1) is 0 Å². The molecule has 7 heteroatoms. The summed E-state index contributed by atoms with van der Waals surface area (Å²) in [7, 11) is 0. The number of hydrogen-bond acceptors (Lipinski definition) is 5. The first-order valence-electron chi connectivity index (χ1n) is 7.83. The normalized spacial score (nSPS) is 12.1. The molecule has 0 amide bonds. The summed E-state index contributed by atoms with van der Waals surface area (Å²) in [6, 6.07) is 13.9. The zero-order valence-corrected chi connectivity index (χ0v) is 13.9. The van der Waals surface area contributed by atoms with Crippen LogP contribution in [0.1, 0.15) is 13.8 Å². The number of nitrogens with zero attached hydrogens (tertiary/aromatic N) is 3.